The number of likely N-dealkylation sites (N-methyl/N-ethyl adjacent to an activating group) is 1. The van der Waals surface area contributed by atoms with Crippen molar-refractivity contribution >= 4 is 17.3 Å². The summed E-state index contributed by atoms with van der Waals surface area (Å²) >= 11 is 0. The van der Waals surface area contributed by atoms with Crippen LogP contribution in [0.5, 0.6) is 5.75 Å². The molecule has 24 heavy (non-hydrogen) atoms. The molecule has 2 aliphatic heterocycles. The van der Waals surface area contributed by atoms with Crippen LogP contribution in [0.1, 0.15) is 0 Å². The highest BCUT2D eigenvalue weighted by molar-refractivity contribution is 5.77. The molecule has 7 nitrogen and oxygen atoms in total. The van der Waals surface area contributed by atoms with E-state index in [1.807, 2.05) is 18.2 Å². The van der Waals surface area contributed by atoms with Gasteiger partial charge >= 0.3 is 0 Å². The van der Waals surface area contributed by atoms with Crippen molar-refractivity contribution in [3.8, 4) is 5.75 Å². The van der Waals surface area contributed by atoms with Crippen LogP contribution in [0.4, 0.5) is 11.4 Å². The first-order chi connectivity index (χ1) is 11.5. The van der Waals surface area contributed by atoms with Crippen LogP contribution in [0, 0.1) is 0 Å². The fourth-order valence-electron chi connectivity index (χ4n) is 3.35. The predicted octanol–water partition coefficient (Wildman–Crippen LogP) is 0.255. The summed E-state index contributed by atoms with van der Waals surface area (Å²) in [6.07, 6.45) is 0.215. The maximum absolute atomic E-state index is 11.9. The Morgan fingerprint density at radius 2 is 1.96 bits per heavy atom. The number of hydrogen-bond acceptors (Lipinski definition) is 6. The van der Waals surface area contributed by atoms with Crippen LogP contribution in [0.2, 0.25) is 0 Å². The summed E-state index contributed by atoms with van der Waals surface area (Å²) in [5.41, 5.74) is 7.64. The van der Waals surface area contributed by atoms with E-state index in [0.29, 0.717) is 18.0 Å². The highest BCUT2D eigenvalue weighted by Gasteiger charge is 2.35. The zero-order valence-electron chi connectivity index (χ0n) is 14.6. The Bertz CT molecular complexity index is 593. The Balaban J connectivity index is 1.66. The normalized spacial score (nSPS) is 23.9. The Hall–Kier alpha value is -1.99. The molecule has 2 aliphatic rings. The Morgan fingerprint density at radius 1 is 1.29 bits per heavy atom. The molecule has 2 atom stereocenters. The molecular weight excluding hydrogens is 308 g/mol. The lowest BCUT2D eigenvalue weighted by Crippen LogP contribution is -2.60. The zero-order valence-corrected chi connectivity index (χ0v) is 14.6. The standard InChI is InChI=1S/C17H26N4O3/c1-19(2)17(22)11-20-7-13-9-21(10-14(8-20)24-13)12-4-5-15(18)16(6-12)23-3/h4-6,13-14H,7-11,18H2,1-3H3. The van der Waals surface area contributed by atoms with Gasteiger partial charge in [0.05, 0.1) is 31.5 Å². The van der Waals surface area contributed by atoms with Crippen LogP contribution in [0.3, 0.4) is 0 Å². The number of carbonyl (C=O) groups excluding carboxylic acids is 1. The Morgan fingerprint density at radius 3 is 2.54 bits per heavy atom. The number of fused-ring (bicyclic) bond motifs is 2. The maximum atomic E-state index is 11.9. The number of carbonyl (C=O) groups is 1. The van der Waals surface area contributed by atoms with Crippen molar-refractivity contribution in [1.29, 1.82) is 0 Å². The van der Waals surface area contributed by atoms with Gasteiger partial charge in [-0.1, -0.05) is 0 Å². The second-order valence-electron chi connectivity index (χ2n) is 6.69. The number of morpholine rings is 2. The number of hydrogen-bond donors (Lipinski definition) is 1. The first-order valence-electron chi connectivity index (χ1n) is 8.22. The van der Waals surface area contributed by atoms with Crippen molar-refractivity contribution < 1.29 is 14.3 Å². The summed E-state index contributed by atoms with van der Waals surface area (Å²) in [5.74, 6) is 0.831. The Labute approximate surface area is 142 Å². The van der Waals surface area contributed by atoms with Gasteiger partial charge in [0.25, 0.3) is 0 Å². The second kappa shape index (κ2) is 6.86. The number of methoxy groups -OCH3 is 1. The molecule has 0 saturated carbocycles. The van der Waals surface area contributed by atoms with Crippen LogP contribution < -0.4 is 15.4 Å². The van der Waals surface area contributed by atoms with E-state index in [-0.39, 0.29) is 18.1 Å². The SMILES string of the molecule is COc1cc(N2CC3CN(CC(=O)N(C)C)CC(C2)O3)ccc1N. The van der Waals surface area contributed by atoms with E-state index >= 15 is 0 Å². The molecular formula is C17H26N4O3. The third-order valence-corrected chi connectivity index (χ3v) is 4.60. The fraction of sp³-hybridized carbons (Fsp3) is 0.588. The monoisotopic (exact) mass is 334 g/mol. The lowest BCUT2D eigenvalue weighted by atomic mass is 10.1. The molecule has 132 valence electrons. The second-order valence-corrected chi connectivity index (χ2v) is 6.69. The van der Waals surface area contributed by atoms with E-state index in [0.717, 1.165) is 31.9 Å². The van der Waals surface area contributed by atoms with Gasteiger partial charge in [-0.05, 0) is 12.1 Å². The highest BCUT2D eigenvalue weighted by atomic mass is 16.5. The molecule has 0 spiro atoms. The number of anilines is 2. The van der Waals surface area contributed by atoms with Gasteiger partial charge in [-0.15, -0.1) is 0 Å². The quantitative estimate of drug-likeness (QED) is 0.796. The number of benzene rings is 1. The smallest absolute Gasteiger partial charge is 0.236 e. The number of nitrogen functional groups attached to an aromatic ring is 1. The van der Waals surface area contributed by atoms with Gasteiger partial charge in [0.1, 0.15) is 5.75 Å². The van der Waals surface area contributed by atoms with Gasteiger partial charge in [-0.2, -0.15) is 0 Å². The topological polar surface area (TPSA) is 71.3 Å². The number of ether oxygens (including phenoxy) is 2. The van der Waals surface area contributed by atoms with E-state index in [2.05, 4.69) is 9.80 Å². The van der Waals surface area contributed by atoms with Gasteiger partial charge in [0.15, 0.2) is 0 Å². The maximum Gasteiger partial charge on any atom is 0.236 e. The number of amides is 1. The van der Waals surface area contributed by atoms with Crippen molar-refractivity contribution in [2.45, 2.75) is 12.2 Å². The van der Waals surface area contributed by atoms with Crippen molar-refractivity contribution in [3.63, 3.8) is 0 Å². The molecule has 2 fully saturated rings. The molecule has 7 heteroatoms. The van der Waals surface area contributed by atoms with E-state index in [4.69, 9.17) is 15.2 Å². The number of rotatable bonds is 4. The molecule has 3 rings (SSSR count). The van der Waals surface area contributed by atoms with E-state index in [9.17, 15) is 4.79 Å². The molecule has 0 radical (unpaired) electrons. The van der Waals surface area contributed by atoms with Crippen LogP contribution in [0.15, 0.2) is 18.2 Å². The van der Waals surface area contributed by atoms with Gasteiger partial charge < -0.3 is 25.0 Å². The molecule has 1 aromatic carbocycles. The first kappa shape index (κ1) is 16.9. The van der Waals surface area contributed by atoms with Crippen molar-refractivity contribution in [3.05, 3.63) is 18.2 Å². The van der Waals surface area contributed by atoms with Gasteiger partial charge in [-0.3, -0.25) is 9.69 Å². The minimum atomic E-state index is 0.107. The summed E-state index contributed by atoms with van der Waals surface area (Å²) in [4.78, 5) is 18.1. The molecule has 0 aliphatic carbocycles. The summed E-state index contributed by atoms with van der Waals surface area (Å²) < 4.78 is 11.4. The summed E-state index contributed by atoms with van der Waals surface area (Å²) in [5, 5.41) is 0. The largest absolute Gasteiger partial charge is 0.495 e. The number of nitrogens with two attached hydrogens (primary N) is 1. The van der Waals surface area contributed by atoms with E-state index in [1.165, 1.54) is 0 Å². The lowest BCUT2D eigenvalue weighted by molar-refractivity contribution is -0.135. The van der Waals surface area contributed by atoms with Crippen LogP contribution in [0.25, 0.3) is 0 Å². The minimum absolute atomic E-state index is 0.107. The summed E-state index contributed by atoms with van der Waals surface area (Å²) in [6.45, 7) is 3.61. The van der Waals surface area contributed by atoms with Gasteiger partial charge in [0, 0.05) is 52.0 Å². The molecule has 1 aromatic rings. The fourth-order valence-corrected chi connectivity index (χ4v) is 3.35. The summed E-state index contributed by atoms with van der Waals surface area (Å²) in [6, 6.07) is 5.87. The average Bonchev–Trinajstić information content (AvgIpc) is 2.54. The average molecular weight is 334 g/mol. The van der Waals surface area contributed by atoms with Gasteiger partial charge in [0.2, 0.25) is 5.91 Å². The van der Waals surface area contributed by atoms with E-state index in [1.54, 1.807) is 26.1 Å². The molecule has 2 bridgehead atoms. The van der Waals surface area contributed by atoms with Crippen LogP contribution >= 0.6 is 0 Å². The highest BCUT2D eigenvalue weighted by Crippen LogP contribution is 2.30. The van der Waals surface area contributed by atoms with Crippen molar-refractivity contribution in [1.82, 2.24) is 9.80 Å². The zero-order chi connectivity index (χ0) is 17.3. The minimum Gasteiger partial charge on any atom is -0.495 e. The van der Waals surface area contributed by atoms with Crippen LogP contribution in [-0.4, -0.2) is 81.8 Å². The molecule has 2 N–H and O–H groups in total. The molecule has 2 saturated heterocycles. The van der Waals surface area contributed by atoms with Crippen molar-refractivity contribution in [2.24, 2.45) is 0 Å². The third kappa shape index (κ3) is 3.57. The molecule has 0 aromatic heterocycles. The summed E-state index contributed by atoms with van der Waals surface area (Å²) in [7, 11) is 5.21. The van der Waals surface area contributed by atoms with Crippen molar-refractivity contribution in [2.75, 3.05) is 64.6 Å². The first-order valence-corrected chi connectivity index (χ1v) is 8.22. The number of nitrogens with zero attached hydrogens (tertiary/aromatic N) is 3. The molecule has 1 amide bonds. The Kier molecular flexibility index (Phi) is 4.82. The predicted molar refractivity (Wildman–Crippen MR) is 93.4 cm³/mol. The molecule has 2 unspecified atom stereocenters. The van der Waals surface area contributed by atoms with Crippen LogP contribution in [-0.2, 0) is 9.53 Å². The lowest BCUT2D eigenvalue weighted by Gasteiger charge is -2.46. The third-order valence-electron chi connectivity index (χ3n) is 4.60. The van der Waals surface area contributed by atoms with Gasteiger partial charge in [-0.25, -0.2) is 0 Å². The van der Waals surface area contributed by atoms with E-state index < -0.39 is 0 Å². The molecule has 2 heterocycles.